The fraction of sp³-hybridized carbons (Fsp3) is 0.391. The molecular formula is C23H26N2O2. The van der Waals surface area contributed by atoms with Crippen LogP contribution in [0, 0.1) is 5.92 Å². The number of hydrogen-bond donors (Lipinski definition) is 1. The normalized spacial score (nSPS) is 20.3. The van der Waals surface area contributed by atoms with Crippen molar-refractivity contribution < 1.29 is 9.90 Å². The maximum Gasteiger partial charge on any atom is 0.303 e. The quantitative estimate of drug-likeness (QED) is 0.882. The highest BCUT2D eigenvalue weighted by Gasteiger charge is 2.33. The maximum atomic E-state index is 11.2. The van der Waals surface area contributed by atoms with Gasteiger partial charge < -0.3 is 10.0 Å². The number of carboxylic acids is 1. The highest BCUT2D eigenvalue weighted by molar-refractivity contribution is 5.87. The van der Waals surface area contributed by atoms with Crippen molar-refractivity contribution in [2.75, 3.05) is 20.1 Å². The van der Waals surface area contributed by atoms with Gasteiger partial charge >= 0.3 is 5.97 Å². The second kappa shape index (κ2) is 7.65. The predicted octanol–water partition coefficient (Wildman–Crippen LogP) is 4.27. The Bertz CT molecular complexity index is 866. The summed E-state index contributed by atoms with van der Waals surface area (Å²) in [6.07, 6.45) is 7.06. The first kappa shape index (κ1) is 17.9. The fourth-order valence-electron chi connectivity index (χ4n) is 4.56. The van der Waals surface area contributed by atoms with Gasteiger partial charge in [-0.05, 0) is 73.6 Å². The first-order valence-corrected chi connectivity index (χ1v) is 9.78. The van der Waals surface area contributed by atoms with Gasteiger partial charge in [0.25, 0.3) is 0 Å². The predicted molar refractivity (Wildman–Crippen MR) is 107 cm³/mol. The zero-order chi connectivity index (χ0) is 18.8. The number of piperidine rings is 1. The second-order valence-corrected chi connectivity index (χ2v) is 7.75. The number of benzene rings is 1. The summed E-state index contributed by atoms with van der Waals surface area (Å²) in [4.78, 5) is 18.4. The lowest BCUT2D eigenvalue weighted by molar-refractivity contribution is -0.136. The number of aliphatic carboxylic acids is 1. The van der Waals surface area contributed by atoms with Crippen LogP contribution in [0.2, 0.25) is 0 Å². The second-order valence-electron chi connectivity index (χ2n) is 7.75. The van der Waals surface area contributed by atoms with Crippen LogP contribution in [0.5, 0.6) is 0 Å². The number of pyridine rings is 1. The molecule has 0 amide bonds. The summed E-state index contributed by atoms with van der Waals surface area (Å²) < 4.78 is 0. The Morgan fingerprint density at radius 3 is 2.74 bits per heavy atom. The van der Waals surface area contributed by atoms with Crippen molar-refractivity contribution in [3.63, 3.8) is 0 Å². The number of rotatable bonds is 4. The van der Waals surface area contributed by atoms with Gasteiger partial charge in [-0.2, -0.15) is 0 Å². The molecule has 1 saturated heterocycles. The summed E-state index contributed by atoms with van der Waals surface area (Å²) in [6, 6.07) is 12.6. The average Bonchev–Trinajstić information content (AvgIpc) is 2.82. The number of nitrogens with zero attached hydrogens (tertiary/aromatic N) is 2. The Kier molecular flexibility index (Phi) is 5.08. The molecule has 1 aromatic heterocycles. The number of fused-ring (bicyclic) bond motifs is 2. The van der Waals surface area contributed by atoms with Gasteiger partial charge in [-0.15, -0.1) is 0 Å². The van der Waals surface area contributed by atoms with E-state index in [0.29, 0.717) is 12.3 Å². The van der Waals surface area contributed by atoms with E-state index in [0.717, 1.165) is 42.8 Å². The van der Waals surface area contributed by atoms with Crippen LogP contribution in [0.1, 0.15) is 54.0 Å². The molecule has 1 unspecified atom stereocenters. The van der Waals surface area contributed by atoms with Gasteiger partial charge in [0.2, 0.25) is 0 Å². The molecule has 0 radical (unpaired) electrons. The van der Waals surface area contributed by atoms with E-state index in [4.69, 9.17) is 4.98 Å². The lowest BCUT2D eigenvalue weighted by Gasteiger charge is -2.35. The Morgan fingerprint density at radius 1 is 1.19 bits per heavy atom. The number of likely N-dealkylation sites (tertiary alicyclic amines) is 1. The van der Waals surface area contributed by atoms with Crippen LogP contribution in [0.15, 0.2) is 42.6 Å². The van der Waals surface area contributed by atoms with Crippen LogP contribution in [0.25, 0.3) is 11.6 Å². The van der Waals surface area contributed by atoms with Crippen molar-refractivity contribution in [3.05, 3.63) is 65.0 Å². The molecule has 1 atom stereocenters. The summed E-state index contributed by atoms with van der Waals surface area (Å²) in [5.74, 6) is 0.0682. The van der Waals surface area contributed by atoms with Crippen LogP contribution < -0.4 is 0 Å². The molecule has 140 valence electrons. The third kappa shape index (κ3) is 3.67. The number of aromatic nitrogens is 1. The maximum absolute atomic E-state index is 11.2. The van der Waals surface area contributed by atoms with Crippen molar-refractivity contribution >= 4 is 17.6 Å². The molecule has 2 aromatic rings. The summed E-state index contributed by atoms with van der Waals surface area (Å²) in [6.45, 7) is 2.23. The minimum atomic E-state index is -0.759. The third-order valence-electron chi connectivity index (χ3n) is 5.98. The van der Waals surface area contributed by atoms with Crippen molar-refractivity contribution in [3.8, 4) is 0 Å². The topological polar surface area (TPSA) is 53.4 Å². The zero-order valence-electron chi connectivity index (χ0n) is 15.8. The Balaban J connectivity index is 1.82. The molecule has 4 rings (SSSR count). The van der Waals surface area contributed by atoms with Gasteiger partial charge in [0.1, 0.15) is 0 Å². The van der Waals surface area contributed by atoms with Gasteiger partial charge in [0.05, 0.1) is 5.69 Å². The van der Waals surface area contributed by atoms with E-state index in [2.05, 4.69) is 48.4 Å². The molecule has 27 heavy (non-hydrogen) atoms. The van der Waals surface area contributed by atoms with Gasteiger partial charge in [0.15, 0.2) is 0 Å². The van der Waals surface area contributed by atoms with E-state index >= 15 is 0 Å². The van der Waals surface area contributed by atoms with E-state index < -0.39 is 5.97 Å². The third-order valence-corrected chi connectivity index (χ3v) is 5.98. The van der Waals surface area contributed by atoms with Crippen LogP contribution in [0.4, 0.5) is 0 Å². The van der Waals surface area contributed by atoms with Crippen molar-refractivity contribution in [1.29, 1.82) is 0 Å². The molecule has 1 aliphatic carbocycles. The Morgan fingerprint density at radius 2 is 1.96 bits per heavy atom. The number of allylic oxidation sites excluding steroid dienone is 1. The molecule has 2 aliphatic rings. The molecule has 0 saturated carbocycles. The lowest BCUT2D eigenvalue weighted by Crippen LogP contribution is -2.33. The minimum absolute atomic E-state index is 0.140. The van der Waals surface area contributed by atoms with Crippen LogP contribution >= 0.6 is 0 Å². The van der Waals surface area contributed by atoms with Gasteiger partial charge in [-0.25, -0.2) is 0 Å². The van der Waals surface area contributed by atoms with Crippen molar-refractivity contribution in [1.82, 2.24) is 9.88 Å². The van der Waals surface area contributed by atoms with Gasteiger partial charge in [-0.3, -0.25) is 9.78 Å². The molecule has 4 heteroatoms. The molecule has 0 bridgehead atoms. The lowest BCUT2D eigenvalue weighted by atomic mass is 9.76. The molecule has 1 N–H and O–H groups in total. The fourth-order valence-corrected chi connectivity index (χ4v) is 4.56. The van der Waals surface area contributed by atoms with Gasteiger partial charge in [-0.1, -0.05) is 36.4 Å². The summed E-state index contributed by atoms with van der Waals surface area (Å²) in [5, 5.41) is 9.19. The van der Waals surface area contributed by atoms with Crippen LogP contribution in [-0.4, -0.2) is 41.1 Å². The van der Waals surface area contributed by atoms with E-state index in [1.54, 1.807) is 0 Å². The highest BCUT2D eigenvalue weighted by Crippen LogP contribution is 2.44. The largest absolute Gasteiger partial charge is 0.481 e. The summed E-state index contributed by atoms with van der Waals surface area (Å²) >= 11 is 0. The smallest absolute Gasteiger partial charge is 0.303 e. The number of hydrogen-bond acceptors (Lipinski definition) is 3. The van der Waals surface area contributed by atoms with Crippen LogP contribution in [0.3, 0.4) is 0 Å². The van der Waals surface area contributed by atoms with E-state index in [1.165, 1.54) is 11.1 Å². The van der Waals surface area contributed by atoms with Crippen molar-refractivity contribution in [2.24, 2.45) is 5.92 Å². The summed E-state index contributed by atoms with van der Waals surface area (Å²) in [7, 11) is 2.19. The van der Waals surface area contributed by atoms with E-state index in [1.807, 2.05) is 12.3 Å². The summed E-state index contributed by atoms with van der Waals surface area (Å²) in [5.41, 5.74) is 5.87. The first-order chi connectivity index (χ1) is 13.1. The molecular weight excluding hydrogens is 336 g/mol. The zero-order valence-corrected chi connectivity index (χ0v) is 15.8. The molecule has 1 aliphatic heterocycles. The van der Waals surface area contributed by atoms with E-state index in [9.17, 15) is 9.90 Å². The van der Waals surface area contributed by atoms with E-state index in [-0.39, 0.29) is 12.3 Å². The standard InChI is InChI=1S/C23H26N2O2/c1-25-13-10-16(11-14-25)22-19-6-3-2-5-17(19)15-18(8-9-21(26)27)20-7-4-12-24-23(20)22/h2-7,12,15-16,22H,8-11,13-14H2,1H3,(H,26,27). The van der Waals surface area contributed by atoms with Gasteiger partial charge in [0, 0.05) is 18.5 Å². The molecule has 1 fully saturated rings. The Hall–Kier alpha value is -2.46. The first-order valence-electron chi connectivity index (χ1n) is 9.78. The van der Waals surface area contributed by atoms with Crippen LogP contribution in [-0.2, 0) is 4.79 Å². The Labute approximate surface area is 160 Å². The average molecular weight is 362 g/mol. The molecule has 4 nitrogen and oxygen atoms in total. The SMILES string of the molecule is CN1CCC(C2c3ccccc3C=C(CCC(=O)O)c3cccnc32)CC1. The molecule has 1 aromatic carbocycles. The monoisotopic (exact) mass is 362 g/mol. The van der Waals surface area contributed by atoms with Crippen molar-refractivity contribution in [2.45, 2.75) is 31.6 Å². The number of carboxylic acid groups (broad SMARTS) is 1. The molecule has 2 heterocycles. The minimum Gasteiger partial charge on any atom is -0.481 e. The number of carbonyl (C=O) groups is 1. The highest BCUT2D eigenvalue weighted by atomic mass is 16.4. The molecule has 0 spiro atoms.